The topological polar surface area (TPSA) is 174 Å². The van der Waals surface area contributed by atoms with E-state index >= 15 is 0 Å². The number of sulfonamides is 1. The number of thiophene rings is 1. The van der Waals surface area contributed by atoms with Crippen molar-refractivity contribution in [3.05, 3.63) is 82.0 Å². The smallest absolute Gasteiger partial charge is 0.326 e. The second-order valence-corrected chi connectivity index (χ2v) is 10.4. The molecule has 0 aliphatic carbocycles. The minimum Gasteiger partial charge on any atom is -0.480 e. The van der Waals surface area contributed by atoms with Crippen LogP contribution in [-0.4, -0.2) is 43.9 Å². The summed E-state index contributed by atoms with van der Waals surface area (Å²) in [5.74, 6) is 3.72. The average molecular weight is 540 g/mol. The maximum Gasteiger partial charge on any atom is 0.326 e. The quantitative estimate of drug-likeness (QED) is 0.0992. The Kier molecular flexibility index (Phi) is 9.26. The van der Waals surface area contributed by atoms with Gasteiger partial charge in [0.25, 0.3) is 15.9 Å². The predicted octanol–water partition coefficient (Wildman–Crippen LogP) is 2.39. The van der Waals surface area contributed by atoms with Gasteiger partial charge in [0.15, 0.2) is 5.96 Å². The average Bonchev–Trinajstić information content (AvgIpc) is 3.32. The minimum atomic E-state index is -4.06. The van der Waals surface area contributed by atoms with Crippen LogP contribution in [0.4, 0.5) is 5.69 Å². The highest BCUT2D eigenvalue weighted by Gasteiger charge is 2.24. The first-order valence-corrected chi connectivity index (χ1v) is 13.4. The summed E-state index contributed by atoms with van der Waals surface area (Å²) in [6.07, 6.45) is 0.425. The number of nitrogens with two attached hydrogens (primary N) is 1. The number of amides is 1. The van der Waals surface area contributed by atoms with Crippen molar-refractivity contribution >= 4 is 44.9 Å². The Balaban J connectivity index is 1.72. The summed E-state index contributed by atoms with van der Waals surface area (Å²) < 4.78 is 28.5. The highest BCUT2D eigenvalue weighted by molar-refractivity contribution is 7.92. The molecule has 0 bridgehead atoms. The Morgan fingerprint density at radius 1 is 1.05 bits per heavy atom. The SMILES string of the molecule is N=C(N)NCCC[C@H](NC(=O)c1sccc1NS(=O)(=O)c1cccc(C#Cc2ccccc2)c1)C(=O)O. The molecule has 1 heterocycles. The summed E-state index contributed by atoms with van der Waals surface area (Å²) in [5.41, 5.74) is 6.52. The van der Waals surface area contributed by atoms with Crippen LogP contribution >= 0.6 is 11.3 Å². The summed E-state index contributed by atoms with van der Waals surface area (Å²) in [4.78, 5) is 24.4. The van der Waals surface area contributed by atoms with Gasteiger partial charge < -0.3 is 21.5 Å². The molecule has 0 unspecified atom stereocenters. The van der Waals surface area contributed by atoms with E-state index in [0.717, 1.165) is 16.9 Å². The molecule has 0 aliphatic rings. The lowest BCUT2D eigenvalue weighted by Gasteiger charge is -2.15. The number of rotatable bonds is 10. The fraction of sp³-hybridized carbons (Fsp3) is 0.160. The van der Waals surface area contributed by atoms with Crippen molar-refractivity contribution < 1.29 is 23.1 Å². The van der Waals surface area contributed by atoms with Gasteiger partial charge in [0.1, 0.15) is 10.9 Å². The number of hydrogen-bond donors (Lipinski definition) is 6. The van der Waals surface area contributed by atoms with Crippen LogP contribution in [0.15, 0.2) is 70.9 Å². The molecule has 3 rings (SSSR count). The molecule has 1 aromatic heterocycles. The van der Waals surface area contributed by atoms with E-state index in [2.05, 4.69) is 27.2 Å². The maximum atomic E-state index is 13.0. The maximum absolute atomic E-state index is 13.0. The van der Waals surface area contributed by atoms with Gasteiger partial charge in [-0.05, 0) is 54.6 Å². The first kappa shape index (κ1) is 27.3. The van der Waals surface area contributed by atoms with Gasteiger partial charge in [0.2, 0.25) is 0 Å². The highest BCUT2D eigenvalue weighted by atomic mass is 32.2. The van der Waals surface area contributed by atoms with Crippen LogP contribution in [0, 0.1) is 17.3 Å². The number of carbonyl (C=O) groups is 2. The van der Waals surface area contributed by atoms with Crippen molar-refractivity contribution in [1.82, 2.24) is 10.6 Å². The molecule has 0 spiro atoms. The zero-order chi connectivity index (χ0) is 26.8. The molecule has 0 saturated carbocycles. The summed E-state index contributed by atoms with van der Waals surface area (Å²) >= 11 is 0.977. The minimum absolute atomic E-state index is 0.0247. The van der Waals surface area contributed by atoms with Crippen molar-refractivity contribution in [2.24, 2.45) is 5.73 Å². The van der Waals surface area contributed by atoms with Gasteiger partial charge in [-0.15, -0.1) is 11.3 Å². The summed E-state index contributed by atoms with van der Waals surface area (Å²) in [5, 5.41) is 23.1. The number of nitrogens with one attached hydrogen (secondary N) is 4. The van der Waals surface area contributed by atoms with Crippen LogP contribution < -0.4 is 21.1 Å². The van der Waals surface area contributed by atoms with E-state index in [0.29, 0.717) is 12.0 Å². The molecule has 37 heavy (non-hydrogen) atoms. The number of carboxylic acid groups (broad SMARTS) is 1. The van der Waals surface area contributed by atoms with Crippen LogP contribution in [0.3, 0.4) is 0 Å². The lowest BCUT2D eigenvalue weighted by Crippen LogP contribution is -2.41. The van der Waals surface area contributed by atoms with Crippen molar-refractivity contribution in [3.63, 3.8) is 0 Å². The number of anilines is 1. The molecular formula is C25H25N5O5S2. The molecule has 0 saturated heterocycles. The van der Waals surface area contributed by atoms with E-state index in [1.54, 1.807) is 12.1 Å². The zero-order valence-corrected chi connectivity index (χ0v) is 21.2. The van der Waals surface area contributed by atoms with E-state index in [1.807, 2.05) is 30.3 Å². The van der Waals surface area contributed by atoms with E-state index < -0.39 is 27.9 Å². The number of aliphatic carboxylic acids is 1. The Hall–Kier alpha value is -4.34. The van der Waals surface area contributed by atoms with Gasteiger partial charge >= 0.3 is 5.97 Å². The van der Waals surface area contributed by atoms with Gasteiger partial charge in [0.05, 0.1) is 10.6 Å². The van der Waals surface area contributed by atoms with Gasteiger partial charge in [0, 0.05) is 17.7 Å². The second kappa shape index (κ2) is 12.6. The van der Waals surface area contributed by atoms with Gasteiger partial charge in [-0.25, -0.2) is 13.2 Å². The molecule has 0 aliphatic heterocycles. The largest absolute Gasteiger partial charge is 0.480 e. The van der Waals surface area contributed by atoms with Gasteiger partial charge in [-0.3, -0.25) is 14.9 Å². The van der Waals surface area contributed by atoms with E-state index in [4.69, 9.17) is 11.1 Å². The van der Waals surface area contributed by atoms with Gasteiger partial charge in [-0.2, -0.15) is 0 Å². The molecule has 12 heteroatoms. The Labute approximate surface area is 218 Å². The number of guanidine groups is 1. The molecule has 2 aromatic carbocycles. The van der Waals surface area contributed by atoms with Crippen LogP contribution in [0.5, 0.6) is 0 Å². The van der Waals surface area contributed by atoms with Crippen LogP contribution in [-0.2, 0) is 14.8 Å². The molecule has 3 aromatic rings. The lowest BCUT2D eigenvalue weighted by atomic mass is 10.1. The molecule has 0 radical (unpaired) electrons. The van der Waals surface area contributed by atoms with Crippen LogP contribution in [0.2, 0.25) is 0 Å². The lowest BCUT2D eigenvalue weighted by molar-refractivity contribution is -0.139. The molecule has 1 amide bonds. The van der Waals surface area contributed by atoms with Crippen LogP contribution in [0.1, 0.15) is 33.6 Å². The summed E-state index contributed by atoms with van der Waals surface area (Å²) in [6, 6.07) is 15.6. The molecule has 7 N–H and O–H groups in total. The van der Waals surface area contributed by atoms with Crippen molar-refractivity contribution in [2.45, 2.75) is 23.8 Å². The van der Waals surface area contributed by atoms with Gasteiger partial charge in [-0.1, -0.05) is 36.1 Å². The summed E-state index contributed by atoms with van der Waals surface area (Å²) in [7, 11) is -4.06. The van der Waals surface area contributed by atoms with Crippen molar-refractivity contribution in [2.75, 3.05) is 11.3 Å². The standard InChI is InChI=1S/C25H25N5O5S2/c26-25(27)28-14-5-10-21(24(32)33)29-23(31)22-20(13-15-36-22)30-37(34,35)19-9-4-8-18(16-19)12-11-17-6-2-1-3-7-17/h1-4,6-9,13,15-16,21,30H,5,10,14H2,(H,29,31)(H,32,33)(H4,26,27,28)/t21-/m0/s1. The Morgan fingerprint density at radius 2 is 1.76 bits per heavy atom. The van der Waals surface area contributed by atoms with E-state index in [9.17, 15) is 23.1 Å². The normalized spacial score (nSPS) is 11.5. The van der Waals surface area contributed by atoms with E-state index in [1.165, 1.54) is 23.6 Å². The Morgan fingerprint density at radius 3 is 2.46 bits per heavy atom. The monoisotopic (exact) mass is 539 g/mol. The molecule has 192 valence electrons. The fourth-order valence-electron chi connectivity index (χ4n) is 3.19. The van der Waals surface area contributed by atoms with Crippen molar-refractivity contribution in [1.29, 1.82) is 5.41 Å². The molecular weight excluding hydrogens is 514 g/mol. The first-order chi connectivity index (χ1) is 17.7. The Bertz CT molecular complexity index is 1440. The number of benzene rings is 2. The fourth-order valence-corrected chi connectivity index (χ4v) is 5.12. The number of carbonyl (C=O) groups excluding carboxylic acids is 1. The van der Waals surface area contributed by atoms with Crippen molar-refractivity contribution in [3.8, 4) is 11.8 Å². The first-order valence-electron chi connectivity index (χ1n) is 11.0. The predicted molar refractivity (Wildman–Crippen MR) is 142 cm³/mol. The molecule has 10 nitrogen and oxygen atoms in total. The van der Waals surface area contributed by atoms with Crippen LogP contribution in [0.25, 0.3) is 0 Å². The molecule has 1 atom stereocenters. The third kappa shape index (κ3) is 8.09. The molecule has 0 fully saturated rings. The number of carboxylic acids is 1. The highest BCUT2D eigenvalue weighted by Crippen LogP contribution is 2.26. The number of hydrogen-bond acceptors (Lipinski definition) is 6. The van der Waals surface area contributed by atoms with E-state index in [-0.39, 0.29) is 34.4 Å². The second-order valence-electron chi connectivity index (χ2n) is 7.76. The summed E-state index contributed by atoms with van der Waals surface area (Å²) in [6.45, 7) is 0.272. The third-order valence-corrected chi connectivity index (χ3v) is 7.25. The third-order valence-electron chi connectivity index (χ3n) is 4.97. The zero-order valence-electron chi connectivity index (χ0n) is 19.5.